The molecule has 24 heavy (non-hydrogen) atoms. The smallest absolute Gasteiger partial charge is 0.224 e. The van der Waals surface area contributed by atoms with Crippen molar-refractivity contribution in [3.63, 3.8) is 0 Å². The van der Waals surface area contributed by atoms with Gasteiger partial charge in [0.1, 0.15) is 16.9 Å². The van der Waals surface area contributed by atoms with Crippen LogP contribution in [0.5, 0.6) is 11.5 Å². The first kappa shape index (κ1) is 16.6. The summed E-state index contributed by atoms with van der Waals surface area (Å²) in [5.74, 6) is 2.44. The minimum absolute atomic E-state index is 0.0215. The molecule has 0 saturated carbocycles. The fourth-order valence-corrected chi connectivity index (χ4v) is 3.98. The number of rotatable bonds is 5. The largest absolute Gasteiger partial charge is 0.497 e. The molecule has 0 radical (unpaired) electrons. The number of ether oxygens (including phenoxy) is 2. The molecule has 1 aliphatic heterocycles. The Balaban J connectivity index is 1.89. The molecule has 1 saturated heterocycles. The minimum atomic E-state index is -0.0215. The molecule has 2 aromatic rings. The summed E-state index contributed by atoms with van der Waals surface area (Å²) in [6.45, 7) is 0.499. The molecule has 0 aliphatic carbocycles. The molecule has 2 heterocycles. The van der Waals surface area contributed by atoms with Crippen molar-refractivity contribution in [2.45, 2.75) is 18.3 Å². The van der Waals surface area contributed by atoms with Crippen molar-refractivity contribution >= 4 is 17.7 Å². The Bertz CT molecular complexity index is 709. The minimum Gasteiger partial charge on any atom is -0.497 e. The third kappa shape index (κ3) is 3.48. The van der Waals surface area contributed by atoms with E-state index in [-0.39, 0.29) is 11.3 Å². The molecule has 1 aliphatic rings. The van der Waals surface area contributed by atoms with E-state index in [2.05, 4.69) is 4.98 Å². The number of thioether (sulfide) groups is 1. The zero-order valence-electron chi connectivity index (χ0n) is 13.8. The van der Waals surface area contributed by atoms with Crippen LogP contribution in [0.15, 0.2) is 42.7 Å². The summed E-state index contributed by atoms with van der Waals surface area (Å²) >= 11 is 1.77. The predicted molar refractivity (Wildman–Crippen MR) is 94.1 cm³/mol. The Labute approximate surface area is 146 Å². The summed E-state index contributed by atoms with van der Waals surface area (Å²) < 4.78 is 10.7. The van der Waals surface area contributed by atoms with Crippen LogP contribution in [0.1, 0.15) is 22.9 Å². The van der Waals surface area contributed by atoms with Gasteiger partial charge in [0.05, 0.1) is 20.8 Å². The van der Waals surface area contributed by atoms with Crippen LogP contribution in [0.3, 0.4) is 0 Å². The molecule has 0 spiro atoms. The first-order valence-corrected chi connectivity index (χ1v) is 8.79. The van der Waals surface area contributed by atoms with Crippen LogP contribution in [0, 0.1) is 0 Å². The highest BCUT2D eigenvalue weighted by Crippen LogP contribution is 2.39. The Morgan fingerprint density at radius 2 is 2.17 bits per heavy atom. The molecule has 3 rings (SSSR count). The van der Waals surface area contributed by atoms with E-state index >= 15 is 0 Å². The SMILES string of the molecule is COc1ccc(CN2C(=O)CCSC2c2cccnc2)c(OC)c1. The molecule has 126 valence electrons. The lowest BCUT2D eigenvalue weighted by molar-refractivity contribution is -0.132. The van der Waals surface area contributed by atoms with Gasteiger partial charge < -0.3 is 14.4 Å². The van der Waals surface area contributed by atoms with E-state index in [0.717, 1.165) is 28.4 Å². The lowest BCUT2D eigenvalue weighted by atomic mass is 10.1. The second-order valence-electron chi connectivity index (χ2n) is 5.46. The molecule has 6 heteroatoms. The third-order valence-electron chi connectivity index (χ3n) is 4.00. The summed E-state index contributed by atoms with van der Waals surface area (Å²) in [7, 11) is 3.25. The highest BCUT2D eigenvalue weighted by molar-refractivity contribution is 7.99. The number of methoxy groups -OCH3 is 2. The molecule has 1 amide bonds. The second-order valence-corrected chi connectivity index (χ2v) is 6.65. The van der Waals surface area contributed by atoms with E-state index in [9.17, 15) is 4.79 Å². The highest BCUT2D eigenvalue weighted by Gasteiger charge is 2.30. The summed E-state index contributed by atoms with van der Waals surface area (Å²) in [6, 6.07) is 9.60. The van der Waals surface area contributed by atoms with Crippen LogP contribution >= 0.6 is 11.8 Å². The van der Waals surface area contributed by atoms with Crippen LogP contribution in [-0.2, 0) is 11.3 Å². The van der Waals surface area contributed by atoms with Crippen LogP contribution in [-0.4, -0.2) is 35.8 Å². The molecule has 0 bridgehead atoms. The van der Waals surface area contributed by atoms with Crippen molar-refractivity contribution in [1.29, 1.82) is 0 Å². The van der Waals surface area contributed by atoms with Crippen molar-refractivity contribution in [2.75, 3.05) is 20.0 Å². The Morgan fingerprint density at radius 1 is 1.29 bits per heavy atom. The molecule has 0 N–H and O–H groups in total. The molecule has 1 aromatic heterocycles. The number of hydrogen-bond acceptors (Lipinski definition) is 5. The van der Waals surface area contributed by atoms with E-state index in [0.29, 0.717) is 13.0 Å². The molecular formula is C18H20N2O3S. The van der Waals surface area contributed by atoms with E-state index in [1.54, 1.807) is 32.2 Å². The van der Waals surface area contributed by atoms with Crippen LogP contribution in [0.2, 0.25) is 0 Å². The number of nitrogens with zero attached hydrogens (tertiary/aromatic N) is 2. The van der Waals surface area contributed by atoms with Crippen LogP contribution in [0.4, 0.5) is 0 Å². The summed E-state index contributed by atoms with van der Waals surface area (Å²) in [6.07, 6.45) is 4.13. The molecule has 1 aromatic carbocycles. The molecular weight excluding hydrogens is 324 g/mol. The third-order valence-corrected chi connectivity index (χ3v) is 5.28. The lowest BCUT2D eigenvalue weighted by Crippen LogP contribution is -2.36. The number of pyridine rings is 1. The van der Waals surface area contributed by atoms with Gasteiger partial charge >= 0.3 is 0 Å². The predicted octanol–water partition coefficient (Wildman–Crippen LogP) is 3.26. The highest BCUT2D eigenvalue weighted by atomic mass is 32.2. The quantitative estimate of drug-likeness (QED) is 0.833. The van der Waals surface area contributed by atoms with Gasteiger partial charge in [-0.2, -0.15) is 0 Å². The van der Waals surface area contributed by atoms with Crippen molar-refractivity contribution in [3.05, 3.63) is 53.9 Å². The van der Waals surface area contributed by atoms with Gasteiger partial charge in [-0.05, 0) is 18.2 Å². The maximum Gasteiger partial charge on any atom is 0.224 e. The first-order valence-electron chi connectivity index (χ1n) is 7.75. The van der Waals surface area contributed by atoms with Crippen LogP contribution in [0.25, 0.3) is 0 Å². The molecule has 1 fully saturated rings. The molecule has 1 atom stereocenters. The van der Waals surface area contributed by atoms with Gasteiger partial charge in [-0.1, -0.05) is 6.07 Å². The number of carbonyl (C=O) groups is 1. The van der Waals surface area contributed by atoms with Gasteiger partial charge in [-0.25, -0.2) is 0 Å². The van der Waals surface area contributed by atoms with Crippen molar-refractivity contribution < 1.29 is 14.3 Å². The number of carbonyl (C=O) groups excluding carboxylic acids is 1. The normalized spacial score (nSPS) is 17.7. The molecule has 1 unspecified atom stereocenters. The zero-order valence-corrected chi connectivity index (χ0v) is 14.6. The van der Waals surface area contributed by atoms with Gasteiger partial charge in [-0.3, -0.25) is 9.78 Å². The average molecular weight is 344 g/mol. The average Bonchev–Trinajstić information content (AvgIpc) is 2.64. The summed E-state index contributed by atoms with van der Waals surface area (Å²) in [5, 5.41) is -0.0215. The summed E-state index contributed by atoms with van der Waals surface area (Å²) in [5.41, 5.74) is 2.01. The fourth-order valence-electron chi connectivity index (χ4n) is 2.76. The van der Waals surface area contributed by atoms with Gasteiger partial charge in [-0.15, -0.1) is 11.8 Å². The number of aromatic nitrogens is 1. The van der Waals surface area contributed by atoms with Gasteiger partial charge in [0, 0.05) is 41.8 Å². The Hall–Kier alpha value is -2.21. The Kier molecular flexibility index (Phi) is 5.25. The van der Waals surface area contributed by atoms with E-state index < -0.39 is 0 Å². The number of hydrogen-bond donors (Lipinski definition) is 0. The van der Waals surface area contributed by atoms with Crippen molar-refractivity contribution in [1.82, 2.24) is 9.88 Å². The van der Waals surface area contributed by atoms with Crippen molar-refractivity contribution in [3.8, 4) is 11.5 Å². The first-order chi connectivity index (χ1) is 11.7. The van der Waals surface area contributed by atoms with Crippen LogP contribution < -0.4 is 9.47 Å². The maximum atomic E-state index is 12.5. The van der Waals surface area contributed by atoms with E-state index in [1.165, 1.54) is 0 Å². The van der Waals surface area contributed by atoms with Crippen molar-refractivity contribution in [2.24, 2.45) is 0 Å². The Morgan fingerprint density at radius 3 is 2.88 bits per heavy atom. The lowest BCUT2D eigenvalue weighted by Gasteiger charge is -2.35. The zero-order chi connectivity index (χ0) is 16.9. The van der Waals surface area contributed by atoms with Gasteiger partial charge in [0.2, 0.25) is 5.91 Å². The number of benzene rings is 1. The maximum absolute atomic E-state index is 12.5. The number of amides is 1. The van der Waals surface area contributed by atoms with Gasteiger partial charge in [0.25, 0.3) is 0 Å². The topological polar surface area (TPSA) is 51.7 Å². The standard InChI is InChI=1S/C18H20N2O3S/c1-22-15-6-5-14(16(10-15)23-2)12-20-17(21)7-9-24-18(20)13-4-3-8-19-11-13/h3-6,8,10-11,18H,7,9,12H2,1-2H3. The fraction of sp³-hybridized carbons (Fsp3) is 0.333. The van der Waals surface area contributed by atoms with E-state index in [4.69, 9.17) is 9.47 Å². The second kappa shape index (κ2) is 7.57. The van der Waals surface area contributed by atoms with Gasteiger partial charge in [0.15, 0.2) is 0 Å². The molecule has 5 nitrogen and oxygen atoms in total. The summed E-state index contributed by atoms with van der Waals surface area (Å²) in [4.78, 5) is 18.6. The monoisotopic (exact) mass is 344 g/mol. The van der Waals surface area contributed by atoms with E-state index in [1.807, 2.05) is 41.4 Å².